The average Bonchev–Trinajstić information content (AvgIpc) is 3.13. The zero-order chi connectivity index (χ0) is 19.3. The maximum Gasteiger partial charge on any atom is 0.254 e. The van der Waals surface area contributed by atoms with E-state index < -0.39 is 11.4 Å². The summed E-state index contributed by atoms with van der Waals surface area (Å²) in [5.41, 5.74) is 7.15. The molecule has 0 aromatic carbocycles. The summed E-state index contributed by atoms with van der Waals surface area (Å²) in [7, 11) is 1.79. The number of pyridine rings is 1. The number of nitrogens with one attached hydrogen (secondary N) is 2. The molecule has 1 aliphatic carbocycles. The zero-order valence-electron chi connectivity index (χ0n) is 15.8. The minimum Gasteiger partial charge on any atom is -0.363 e. The molecule has 2 atom stereocenters. The molecule has 0 bridgehead atoms. The van der Waals surface area contributed by atoms with Gasteiger partial charge in [0, 0.05) is 36.5 Å². The largest absolute Gasteiger partial charge is 0.363 e. The molecule has 3 heterocycles. The minimum atomic E-state index is -0.818. The lowest BCUT2D eigenvalue weighted by Crippen LogP contribution is -2.43. The van der Waals surface area contributed by atoms with E-state index in [-0.39, 0.29) is 29.4 Å². The zero-order valence-corrected chi connectivity index (χ0v) is 15.8. The van der Waals surface area contributed by atoms with Crippen LogP contribution in [0, 0.1) is 5.82 Å². The standard InChI is InChI=1S/C19H25FN6O/c1-19(2)14-13(18(27)25-19)16(10-8-22-26(3)9-10)24-17(15(14)20)23-12-7-5-4-6-11(12)21/h8-9,11-12H,4-7,21H2,1-3H3,(H,23,24)(H,25,27)/t11-,12+/m0/s1. The van der Waals surface area contributed by atoms with Gasteiger partial charge < -0.3 is 16.4 Å². The summed E-state index contributed by atoms with van der Waals surface area (Å²) in [6.07, 6.45) is 7.34. The molecule has 2 aromatic heterocycles. The van der Waals surface area contributed by atoms with Crippen LogP contribution in [0.4, 0.5) is 10.2 Å². The van der Waals surface area contributed by atoms with Gasteiger partial charge in [-0.2, -0.15) is 5.10 Å². The van der Waals surface area contributed by atoms with Crippen molar-refractivity contribution in [3.05, 3.63) is 29.3 Å². The fourth-order valence-electron chi connectivity index (χ4n) is 4.14. The van der Waals surface area contributed by atoms with Gasteiger partial charge in [-0.25, -0.2) is 9.37 Å². The molecule has 1 saturated carbocycles. The first-order chi connectivity index (χ1) is 12.8. The van der Waals surface area contributed by atoms with Crippen molar-refractivity contribution in [3.8, 4) is 11.3 Å². The highest BCUT2D eigenvalue weighted by atomic mass is 19.1. The minimum absolute atomic E-state index is 0.0336. The SMILES string of the molecule is Cn1cc(-c2nc(N[C@@H]3CCCC[C@@H]3N)c(F)c3c2C(=O)NC3(C)C)cn1. The number of fused-ring (bicyclic) bond motifs is 1. The van der Waals surface area contributed by atoms with Crippen LogP contribution in [0.15, 0.2) is 12.4 Å². The van der Waals surface area contributed by atoms with Crippen LogP contribution in [-0.2, 0) is 12.6 Å². The van der Waals surface area contributed by atoms with Gasteiger partial charge in [-0.15, -0.1) is 0 Å². The Morgan fingerprint density at radius 2 is 2.11 bits per heavy atom. The molecule has 0 saturated heterocycles. The van der Waals surface area contributed by atoms with Crippen LogP contribution in [0.2, 0.25) is 0 Å². The molecule has 0 unspecified atom stereocenters. The van der Waals surface area contributed by atoms with Crippen molar-refractivity contribution in [3.63, 3.8) is 0 Å². The van der Waals surface area contributed by atoms with Crippen LogP contribution in [-0.4, -0.2) is 32.8 Å². The number of hydrogen-bond donors (Lipinski definition) is 3. The number of halogens is 1. The van der Waals surface area contributed by atoms with Crippen LogP contribution < -0.4 is 16.4 Å². The van der Waals surface area contributed by atoms with Gasteiger partial charge in [0.2, 0.25) is 0 Å². The Balaban J connectivity index is 1.86. The number of nitrogens with zero attached hydrogens (tertiary/aromatic N) is 3. The van der Waals surface area contributed by atoms with Crippen molar-refractivity contribution in [2.75, 3.05) is 5.32 Å². The Labute approximate surface area is 157 Å². The molecule has 2 aromatic rings. The van der Waals surface area contributed by atoms with Gasteiger partial charge >= 0.3 is 0 Å². The van der Waals surface area contributed by atoms with Crippen molar-refractivity contribution in [1.29, 1.82) is 0 Å². The van der Waals surface area contributed by atoms with E-state index in [4.69, 9.17) is 5.73 Å². The van der Waals surface area contributed by atoms with Crippen molar-refractivity contribution in [2.24, 2.45) is 12.8 Å². The third kappa shape index (κ3) is 2.97. The van der Waals surface area contributed by atoms with Gasteiger partial charge in [-0.1, -0.05) is 12.8 Å². The van der Waals surface area contributed by atoms with E-state index in [9.17, 15) is 4.79 Å². The molecule has 7 nitrogen and oxygen atoms in total. The van der Waals surface area contributed by atoms with Crippen LogP contribution >= 0.6 is 0 Å². The van der Waals surface area contributed by atoms with E-state index in [2.05, 4.69) is 20.7 Å². The molecule has 0 spiro atoms. The Kier molecular flexibility index (Phi) is 4.18. The predicted octanol–water partition coefficient (Wildman–Crippen LogP) is 2.28. The third-order valence-electron chi connectivity index (χ3n) is 5.54. The van der Waals surface area contributed by atoms with Gasteiger partial charge in [0.05, 0.1) is 23.0 Å². The first kappa shape index (κ1) is 17.9. The van der Waals surface area contributed by atoms with E-state index >= 15 is 4.39 Å². The first-order valence-electron chi connectivity index (χ1n) is 9.35. The molecule has 144 valence electrons. The Bertz CT molecular complexity index is 906. The molecule has 1 aliphatic heterocycles. The van der Waals surface area contributed by atoms with Gasteiger partial charge in [-0.05, 0) is 26.7 Å². The van der Waals surface area contributed by atoms with Crippen LogP contribution in [0.25, 0.3) is 11.3 Å². The number of nitrogens with two attached hydrogens (primary N) is 1. The number of aromatic nitrogens is 3. The molecule has 2 aliphatic rings. The van der Waals surface area contributed by atoms with E-state index in [1.807, 2.05) is 0 Å². The quantitative estimate of drug-likeness (QED) is 0.768. The number of carbonyl (C=O) groups is 1. The Hall–Kier alpha value is -2.48. The summed E-state index contributed by atoms with van der Waals surface area (Å²) in [6, 6.07) is -0.0726. The fourth-order valence-corrected chi connectivity index (χ4v) is 4.14. The highest BCUT2D eigenvalue weighted by molar-refractivity contribution is 6.05. The van der Waals surface area contributed by atoms with Gasteiger partial charge in [0.15, 0.2) is 11.6 Å². The summed E-state index contributed by atoms with van der Waals surface area (Å²) >= 11 is 0. The van der Waals surface area contributed by atoms with Crippen LogP contribution in [0.5, 0.6) is 0 Å². The molecule has 1 amide bonds. The molecule has 4 N–H and O–H groups in total. The van der Waals surface area contributed by atoms with Crippen molar-refractivity contribution in [2.45, 2.75) is 57.2 Å². The monoisotopic (exact) mass is 372 g/mol. The number of rotatable bonds is 3. The molecule has 4 rings (SSSR count). The number of anilines is 1. The lowest BCUT2D eigenvalue weighted by Gasteiger charge is -2.30. The molecule has 27 heavy (non-hydrogen) atoms. The second-order valence-corrected chi connectivity index (χ2v) is 8.05. The summed E-state index contributed by atoms with van der Waals surface area (Å²) in [5, 5.41) is 10.2. The number of hydrogen-bond acceptors (Lipinski definition) is 5. The smallest absolute Gasteiger partial charge is 0.254 e. The summed E-state index contributed by atoms with van der Waals surface area (Å²) in [5.74, 6) is -0.653. The topological polar surface area (TPSA) is 97.9 Å². The maximum absolute atomic E-state index is 15.4. The van der Waals surface area contributed by atoms with Gasteiger partial charge in [0.25, 0.3) is 5.91 Å². The fraction of sp³-hybridized carbons (Fsp3) is 0.526. The van der Waals surface area contributed by atoms with Gasteiger partial charge in [0.1, 0.15) is 0 Å². The molecular formula is C19H25FN6O. The maximum atomic E-state index is 15.4. The Morgan fingerprint density at radius 3 is 2.78 bits per heavy atom. The molecule has 8 heteroatoms. The summed E-state index contributed by atoms with van der Waals surface area (Å²) < 4.78 is 17.1. The Morgan fingerprint density at radius 1 is 1.37 bits per heavy atom. The van der Waals surface area contributed by atoms with Gasteiger partial charge in [-0.3, -0.25) is 9.48 Å². The lowest BCUT2D eigenvalue weighted by atomic mass is 9.90. The highest BCUT2D eigenvalue weighted by Crippen LogP contribution is 2.40. The number of carbonyl (C=O) groups excluding carboxylic acids is 1. The average molecular weight is 372 g/mol. The van der Waals surface area contributed by atoms with E-state index in [1.54, 1.807) is 38.0 Å². The van der Waals surface area contributed by atoms with Crippen molar-refractivity contribution < 1.29 is 9.18 Å². The summed E-state index contributed by atoms with van der Waals surface area (Å²) in [6.45, 7) is 3.59. The second kappa shape index (κ2) is 6.30. The van der Waals surface area contributed by atoms with Crippen LogP contribution in [0.3, 0.4) is 0 Å². The van der Waals surface area contributed by atoms with Crippen LogP contribution in [0.1, 0.15) is 55.5 Å². The highest BCUT2D eigenvalue weighted by Gasteiger charge is 2.42. The molecule has 1 fully saturated rings. The third-order valence-corrected chi connectivity index (χ3v) is 5.54. The predicted molar refractivity (Wildman–Crippen MR) is 101 cm³/mol. The molecular weight excluding hydrogens is 347 g/mol. The normalized spacial score (nSPS) is 23.8. The van der Waals surface area contributed by atoms with E-state index in [1.165, 1.54) is 0 Å². The first-order valence-corrected chi connectivity index (χ1v) is 9.35. The van der Waals surface area contributed by atoms with E-state index in [0.29, 0.717) is 16.8 Å². The summed E-state index contributed by atoms with van der Waals surface area (Å²) in [4.78, 5) is 17.1. The molecule has 0 radical (unpaired) electrons. The van der Waals surface area contributed by atoms with Crippen molar-refractivity contribution >= 4 is 11.7 Å². The van der Waals surface area contributed by atoms with E-state index in [0.717, 1.165) is 25.7 Å². The number of aryl methyl sites for hydroxylation is 1. The number of amides is 1. The van der Waals surface area contributed by atoms with Crippen molar-refractivity contribution in [1.82, 2.24) is 20.1 Å². The lowest BCUT2D eigenvalue weighted by molar-refractivity contribution is 0.0940. The second-order valence-electron chi connectivity index (χ2n) is 8.05.